The molecule has 2 heterocycles. The molecule has 0 amide bonds. The van der Waals surface area contributed by atoms with Crippen LogP contribution in [0.2, 0.25) is 0 Å². The summed E-state index contributed by atoms with van der Waals surface area (Å²) in [4.78, 5) is 12.0. The number of epoxide rings is 1. The minimum absolute atomic E-state index is 0.00580. The molecule has 0 bridgehead atoms. The van der Waals surface area contributed by atoms with E-state index in [0.717, 1.165) is 17.9 Å². The van der Waals surface area contributed by atoms with E-state index >= 15 is 0 Å². The molecule has 0 N–H and O–H groups in total. The standard InChI is InChI=1S/C20H28O3/c1-11-15-12(22-17(11)21)10-14-19(4)8-5-7-18(2,3)13(19)6-9-20(14)16(15)23-20/h12-14,16H,5-10H2,1-4H3. The summed E-state index contributed by atoms with van der Waals surface area (Å²) in [5.74, 6) is 1.21. The molecule has 23 heavy (non-hydrogen) atoms. The first-order chi connectivity index (χ1) is 10.8. The second kappa shape index (κ2) is 4.04. The van der Waals surface area contributed by atoms with Crippen molar-refractivity contribution in [2.45, 2.75) is 84.0 Å². The van der Waals surface area contributed by atoms with E-state index < -0.39 is 0 Å². The third kappa shape index (κ3) is 1.58. The molecule has 3 aliphatic carbocycles. The summed E-state index contributed by atoms with van der Waals surface area (Å²) in [5.41, 5.74) is 2.80. The van der Waals surface area contributed by atoms with Crippen molar-refractivity contribution in [1.82, 2.24) is 0 Å². The van der Waals surface area contributed by atoms with Crippen molar-refractivity contribution in [3.63, 3.8) is 0 Å². The Morgan fingerprint density at radius 2 is 1.87 bits per heavy atom. The Morgan fingerprint density at radius 1 is 1.09 bits per heavy atom. The van der Waals surface area contributed by atoms with Crippen LogP contribution < -0.4 is 0 Å². The van der Waals surface area contributed by atoms with Gasteiger partial charge in [0.2, 0.25) is 0 Å². The monoisotopic (exact) mass is 316 g/mol. The highest BCUT2D eigenvalue weighted by molar-refractivity contribution is 5.92. The van der Waals surface area contributed by atoms with Gasteiger partial charge in [-0.3, -0.25) is 0 Å². The van der Waals surface area contributed by atoms with Gasteiger partial charge in [0.05, 0.1) is 0 Å². The third-order valence-electron chi connectivity index (χ3n) is 8.28. The Morgan fingerprint density at radius 3 is 2.65 bits per heavy atom. The SMILES string of the molecule is CC1=C2C(CC3C4(C)CCCC(C)(C)C4CCC34OC24)OC1=O. The lowest BCUT2D eigenvalue weighted by Crippen LogP contribution is -2.57. The first kappa shape index (κ1) is 14.5. The highest BCUT2D eigenvalue weighted by Crippen LogP contribution is 2.71. The van der Waals surface area contributed by atoms with Crippen LogP contribution in [0, 0.1) is 22.7 Å². The molecule has 0 aromatic rings. The number of ether oxygens (including phenoxy) is 2. The van der Waals surface area contributed by atoms with E-state index in [4.69, 9.17) is 9.47 Å². The summed E-state index contributed by atoms with van der Waals surface area (Å²) in [6.07, 6.45) is 7.57. The van der Waals surface area contributed by atoms with Crippen molar-refractivity contribution in [3.8, 4) is 0 Å². The summed E-state index contributed by atoms with van der Waals surface area (Å²) in [6.45, 7) is 9.37. The normalized spacial score (nSPS) is 53.0. The zero-order chi connectivity index (χ0) is 16.2. The van der Waals surface area contributed by atoms with Crippen LogP contribution in [0.3, 0.4) is 0 Å². The van der Waals surface area contributed by atoms with E-state index in [9.17, 15) is 4.79 Å². The summed E-state index contributed by atoms with van der Waals surface area (Å²) in [5, 5.41) is 0. The van der Waals surface area contributed by atoms with Crippen molar-refractivity contribution < 1.29 is 14.3 Å². The van der Waals surface area contributed by atoms with Crippen molar-refractivity contribution >= 4 is 5.97 Å². The van der Waals surface area contributed by atoms with E-state index in [-0.39, 0.29) is 23.8 Å². The molecule has 126 valence electrons. The van der Waals surface area contributed by atoms with Crippen LogP contribution in [0.1, 0.15) is 66.2 Å². The van der Waals surface area contributed by atoms with Crippen LogP contribution in [-0.4, -0.2) is 23.8 Å². The smallest absolute Gasteiger partial charge is 0.334 e. The molecule has 2 aliphatic heterocycles. The van der Waals surface area contributed by atoms with Crippen LogP contribution in [0.5, 0.6) is 0 Å². The molecule has 3 saturated carbocycles. The van der Waals surface area contributed by atoms with E-state index in [0.29, 0.717) is 16.7 Å². The van der Waals surface area contributed by atoms with Gasteiger partial charge in [-0.05, 0) is 55.8 Å². The number of carbonyl (C=O) groups excluding carboxylic acids is 1. The van der Waals surface area contributed by atoms with E-state index in [2.05, 4.69) is 20.8 Å². The summed E-state index contributed by atoms with van der Waals surface area (Å²) in [7, 11) is 0. The maximum absolute atomic E-state index is 12.0. The molecule has 6 unspecified atom stereocenters. The molecule has 3 heteroatoms. The van der Waals surface area contributed by atoms with Crippen molar-refractivity contribution in [3.05, 3.63) is 11.1 Å². The first-order valence-corrected chi connectivity index (χ1v) is 9.39. The molecule has 6 atom stereocenters. The molecule has 4 fully saturated rings. The van der Waals surface area contributed by atoms with Gasteiger partial charge in [0.25, 0.3) is 0 Å². The second-order valence-corrected chi connectivity index (χ2v) is 9.65. The minimum atomic E-state index is -0.111. The van der Waals surface area contributed by atoms with Gasteiger partial charge in [-0.2, -0.15) is 0 Å². The lowest BCUT2D eigenvalue weighted by molar-refractivity contribution is -0.146. The van der Waals surface area contributed by atoms with Gasteiger partial charge in [0, 0.05) is 17.1 Å². The van der Waals surface area contributed by atoms with Crippen molar-refractivity contribution in [2.24, 2.45) is 22.7 Å². The summed E-state index contributed by atoms with van der Waals surface area (Å²) in [6, 6.07) is 0. The van der Waals surface area contributed by atoms with Crippen molar-refractivity contribution in [1.29, 1.82) is 0 Å². The minimum Gasteiger partial charge on any atom is -0.454 e. The molecule has 1 saturated heterocycles. The highest BCUT2D eigenvalue weighted by atomic mass is 16.6. The Labute approximate surface area is 138 Å². The van der Waals surface area contributed by atoms with Gasteiger partial charge >= 0.3 is 5.97 Å². The van der Waals surface area contributed by atoms with Crippen LogP contribution in [0.15, 0.2) is 11.1 Å². The van der Waals surface area contributed by atoms with Crippen LogP contribution >= 0.6 is 0 Å². The third-order valence-corrected chi connectivity index (χ3v) is 8.28. The first-order valence-electron chi connectivity index (χ1n) is 9.39. The molecule has 3 nitrogen and oxygen atoms in total. The topological polar surface area (TPSA) is 38.8 Å². The van der Waals surface area contributed by atoms with Gasteiger partial charge in [0.1, 0.15) is 17.8 Å². The van der Waals surface area contributed by atoms with Crippen LogP contribution in [-0.2, 0) is 14.3 Å². The van der Waals surface area contributed by atoms with Gasteiger partial charge in [-0.25, -0.2) is 4.79 Å². The fraction of sp³-hybridized carbons (Fsp3) is 0.850. The average molecular weight is 316 g/mol. The molecule has 0 aromatic carbocycles. The molecule has 5 rings (SSSR count). The average Bonchev–Trinajstić information content (AvgIpc) is 3.11. The quantitative estimate of drug-likeness (QED) is 0.500. The van der Waals surface area contributed by atoms with Gasteiger partial charge < -0.3 is 9.47 Å². The van der Waals surface area contributed by atoms with E-state index in [1.165, 1.54) is 37.7 Å². The van der Waals surface area contributed by atoms with Crippen molar-refractivity contribution in [2.75, 3.05) is 0 Å². The Hall–Kier alpha value is -0.830. The number of rotatable bonds is 0. The maximum atomic E-state index is 12.0. The van der Waals surface area contributed by atoms with E-state index in [1.807, 2.05) is 6.92 Å². The van der Waals surface area contributed by atoms with Gasteiger partial charge in [-0.15, -0.1) is 0 Å². The molecule has 0 radical (unpaired) electrons. The zero-order valence-corrected chi connectivity index (χ0v) is 14.8. The Bertz CT molecular complexity index is 633. The second-order valence-electron chi connectivity index (χ2n) is 9.65. The number of esters is 1. The molecule has 1 spiro atoms. The number of carbonyl (C=O) groups is 1. The molecule has 0 aromatic heterocycles. The summed E-state index contributed by atoms with van der Waals surface area (Å²) >= 11 is 0. The van der Waals surface area contributed by atoms with Gasteiger partial charge in [-0.1, -0.05) is 27.2 Å². The lowest BCUT2D eigenvalue weighted by atomic mass is 9.44. The molecular formula is C20H28O3. The van der Waals surface area contributed by atoms with Gasteiger partial charge in [0.15, 0.2) is 0 Å². The highest BCUT2D eigenvalue weighted by Gasteiger charge is 2.75. The fourth-order valence-electron chi connectivity index (χ4n) is 7.24. The zero-order valence-electron chi connectivity index (χ0n) is 14.8. The fourth-order valence-corrected chi connectivity index (χ4v) is 7.24. The van der Waals surface area contributed by atoms with Crippen LogP contribution in [0.25, 0.3) is 0 Å². The maximum Gasteiger partial charge on any atom is 0.334 e. The Kier molecular flexibility index (Phi) is 2.55. The summed E-state index contributed by atoms with van der Waals surface area (Å²) < 4.78 is 12.1. The predicted molar refractivity (Wildman–Crippen MR) is 86.8 cm³/mol. The number of fused-ring (bicyclic) bond motifs is 4. The lowest BCUT2D eigenvalue weighted by Gasteiger charge is -2.60. The Balaban J connectivity index is 1.57. The molecular weight excluding hydrogens is 288 g/mol. The number of hydrogen-bond acceptors (Lipinski definition) is 3. The number of hydrogen-bond donors (Lipinski definition) is 0. The largest absolute Gasteiger partial charge is 0.454 e. The van der Waals surface area contributed by atoms with Crippen LogP contribution in [0.4, 0.5) is 0 Å². The van der Waals surface area contributed by atoms with E-state index in [1.54, 1.807) is 0 Å². The predicted octanol–water partition coefficient (Wildman–Crippen LogP) is 4.01. The molecule has 5 aliphatic rings.